The zero-order valence-corrected chi connectivity index (χ0v) is 11.1. The number of aryl methyl sites for hydroxylation is 2. The van der Waals surface area contributed by atoms with Crippen LogP contribution in [-0.2, 0) is 13.5 Å². The van der Waals surface area contributed by atoms with Crippen LogP contribution in [0.15, 0.2) is 18.5 Å². The summed E-state index contributed by atoms with van der Waals surface area (Å²) >= 11 is 0. The molecule has 0 aliphatic carbocycles. The van der Waals surface area contributed by atoms with Gasteiger partial charge in [0, 0.05) is 37.8 Å². The number of anilines is 1. The summed E-state index contributed by atoms with van der Waals surface area (Å²) in [6.07, 6.45) is 5.73. The second-order valence-electron chi connectivity index (χ2n) is 4.24. The van der Waals surface area contributed by atoms with Crippen LogP contribution in [0.2, 0.25) is 0 Å². The van der Waals surface area contributed by atoms with Gasteiger partial charge < -0.3 is 5.32 Å². The molecular weight excluding hydrogens is 226 g/mol. The van der Waals surface area contributed by atoms with Gasteiger partial charge in [-0.25, -0.2) is 9.97 Å². The summed E-state index contributed by atoms with van der Waals surface area (Å²) in [5.41, 5.74) is 1.95. The fraction of sp³-hybridized carbons (Fsp3) is 0.462. The third kappa shape index (κ3) is 2.85. The lowest BCUT2D eigenvalue weighted by molar-refractivity contribution is 0.768. The van der Waals surface area contributed by atoms with Gasteiger partial charge in [-0.05, 0) is 13.3 Å². The maximum atomic E-state index is 4.58. The molecule has 0 bridgehead atoms. The molecule has 5 nitrogen and oxygen atoms in total. The minimum absolute atomic E-state index is 0.856. The molecule has 2 aromatic rings. The first-order valence-corrected chi connectivity index (χ1v) is 6.33. The average Bonchev–Trinajstić information content (AvgIpc) is 2.76. The Morgan fingerprint density at radius 2 is 2.11 bits per heavy atom. The number of rotatable bonds is 5. The van der Waals surface area contributed by atoms with Gasteiger partial charge in [0.25, 0.3) is 0 Å². The van der Waals surface area contributed by atoms with Crippen molar-refractivity contribution in [2.75, 3.05) is 11.9 Å². The van der Waals surface area contributed by atoms with E-state index in [2.05, 4.69) is 34.2 Å². The quantitative estimate of drug-likeness (QED) is 0.878. The van der Waals surface area contributed by atoms with Crippen molar-refractivity contribution < 1.29 is 0 Å². The number of hydrogen-bond donors (Lipinski definition) is 1. The smallest absolute Gasteiger partial charge is 0.131 e. The minimum Gasteiger partial charge on any atom is -0.370 e. The Kier molecular flexibility index (Phi) is 3.92. The van der Waals surface area contributed by atoms with E-state index in [4.69, 9.17) is 0 Å². The Bertz CT molecular complexity index is 494. The molecule has 2 heterocycles. The summed E-state index contributed by atoms with van der Waals surface area (Å²) in [7, 11) is 1.91. The molecule has 0 fully saturated rings. The van der Waals surface area contributed by atoms with Crippen LogP contribution in [0.25, 0.3) is 11.3 Å². The molecule has 1 N–H and O–H groups in total. The Labute approximate surface area is 107 Å². The lowest BCUT2D eigenvalue weighted by Gasteiger charge is -2.07. The topological polar surface area (TPSA) is 55.6 Å². The van der Waals surface area contributed by atoms with Gasteiger partial charge in [0.05, 0.1) is 11.9 Å². The van der Waals surface area contributed by atoms with E-state index in [1.807, 2.05) is 25.5 Å². The zero-order valence-electron chi connectivity index (χ0n) is 11.1. The van der Waals surface area contributed by atoms with Crippen LogP contribution in [0, 0.1) is 0 Å². The van der Waals surface area contributed by atoms with Crippen molar-refractivity contribution in [2.24, 2.45) is 7.05 Å². The van der Waals surface area contributed by atoms with E-state index in [0.29, 0.717) is 0 Å². The molecule has 0 atom stereocenters. The maximum Gasteiger partial charge on any atom is 0.131 e. The average molecular weight is 245 g/mol. The van der Waals surface area contributed by atoms with E-state index in [1.54, 1.807) is 4.68 Å². The molecule has 5 heteroatoms. The van der Waals surface area contributed by atoms with Crippen molar-refractivity contribution in [3.63, 3.8) is 0 Å². The zero-order chi connectivity index (χ0) is 13.0. The number of nitrogens with one attached hydrogen (secondary N) is 1. The Hall–Kier alpha value is -1.91. The van der Waals surface area contributed by atoms with Crippen LogP contribution in [0.4, 0.5) is 5.82 Å². The van der Waals surface area contributed by atoms with E-state index in [9.17, 15) is 0 Å². The van der Waals surface area contributed by atoms with Crippen LogP contribution in [0.3, 0.4) is 0 Å². The lowest BCUT2D eigenvalue weighted by Crippen LogP contribution is -2.04. The Morgan fingerprint density at radius 1 is 1.28 bits per heavy atom. The van der Waals surface area contributed by atoms with Crippen molar-refractivity contribution in [1.29, 1.82) is 0 Å². The molecule has 0 aliphatic heterocycles. The van der Waals surface area contributed by atoms with E-state index in [0.717, 1.165) is 42.3 Å². The monoisotopic (exact) mass is 245 g/mol. The predicted octanol–water partition coefficient (Wildman–Crippen LogP) is 2.26. The van der Waals surface area contributed by atoms with E-state index < -0.39 is 0 Å². The third-order valence-electron chi connectivity index (χ3n) is 2.60. The summed E-state index contributed by atoms with van der Waals surface area (Å²) in [5.74, 6) is 1.77. The summed E-state index contributed by atoms with van der Waals surface area (Å²) in [5, 5.41) is 7.43. The van der Waals surface area contributed by atoms with Gasteiger partial charge >= 0.3 is 0 Å². The summed E-state index contributed by atoms with van der Waals surface area (Å²) in [6, 6.07) is 1.97. The van der Waals surface area contributed by atoms with Crippen molar-refractivity contribution in [2.45, 2.75) is 26.7 Å². The van der Waals surface area contributed by atoms with Crippen molar-refractivity contribution in [1.82, 2.24) is 19.7 Å². The lowest BCUT2D eigenvalue weighted by atomic mass is 10.2. The molecule has 2 aromatic heterocycles. The van der Waals surface area contributed by atoms with E-state index in [1.165, 1.54) is 0 Å². The molecular formula is C13H19N5. The van der Waals surface area contributed by atoms with Gasteiger partial charge in [-0.1, -0.05) is 6.92 Å². The summed E-state index contributed by atoms with van der Waals surface area (Å²) < 4.78 is 1.78. The van der Waals surface area contributed by atoms with Gasteiger partial charge in [-0.2, -0.15) is 5.10 Å². The molecule has 18 heavy (non-hydrogen) atoms. The maximum absolute atomic E-state index is 4.58. The first-order chi connectivity index (χ1) is 8.72. The molecule has 0 saturated heterocycles. The molecule has 0 aliphatic rings. The van der Waals surface area contributed by atoms with Gasteiger partial charge in [0.2, 0.25) is 0 Å². The summed E-state index contributed by atoms with van der Waals surface area (Å²) in [6.45, 7) is 5.05. The fourth-order valence-corrected chi connectivity index (χ4v) is 1.81. The van der Waals surface area contributed by atoms with Crippen LogP contribution in [0.1, 0.15) is 26.1 Å². The first kappa shape index (κ1) is 12.5. The molecule has 2 rings (SSSR count). The SMILES string of the molecule is CCCc1nc(NCC)cc(-c2cnn(C)c2)n1. The molecule has 0 unspecified atom stereocenters. The van der Waals surface area contributed by atoms with Crippen molar-refractivity contribution in [3.8, 4) is 11.3 Å². The van der Waals surface area contributed by atoms with Crippen molar-refractivity contribution >= 4 is 5.82 Å². The predicted molar refractivity (Wildman–Crippen MR) is 72.4 cm³/mol. The van der Waals surface area contributed by atoms with Gasteiger partial charge in [-0.3, -0.25) is 4.68 Å². The first-order valence-electron chi connectivity index (χ1n) is 6.33. The molecule has 0 saturated carbocycles. The molecule has 0 radical (unpaired) electrons. The van der Waals surface area contributed by atoms with Crippen LogP contribution >= 0.6 is 0 Å². The highest BCUT2D eigenvalue weighted by Crippen LogP contribution is 2.19. The highest BCUT2D eigenvalue weighted by atomic mass is 15.2. The standard InChI is InChI=1S/C13H19N5/c1-4-6-12-16-11(7-13(17-12)14-5-2)10-8-15-18(3)9-10/h7-9H,4-6H2,1-3H3,(H,14,16,17). The van der Waals surface area contributed by atoms with E-state index in [-0.39, 0.29) is 0 Å². The number of nitrogens with zero attached hydrogens (tertiary/aromatic N) is 4. The molecule has 0 amide bonds. The van der Waals surface area contributed by atoms with Crippen molar-refractivity contribution in [3.05, 3.63) is 24.3 Å². The van der Waals surface area contributed by atoms with Gasteiger partial charge in [0.15, 0.2) is 0 Å². The van der Waals surface area contributed by atoms with Gasteiger partial charge in [-0.15, -0.1) is 0 Å². The number of aromatic nitrogens is 4. The van der Waals surface area contributed by atoms with Crippen LogP contribution in [-0.4, -0.2) is 26.3 Å². The third-order valence-corrected chi connectivity index (χ3v) is 2.60. The largest absolute Gasteiger partial charge is 0.370 e. The molecule has 0 spiro atoms. The second-order valence-corrected chi connectivity index (χ2v) is 4.24. The molecule has 0 aromatic carbocycles. The Balaban J connectivity index is 2.39. The second kappa shape index (κ2) is 5.62. The number of hydrogen-bond acceptors (Lipinski definition) is 4. The highest BCUT2D eigenvalue weighted by molar-refractivity contribution is 5.60. The minimum atomic E-state index is 0.856. The fourth-order valence-electron chi connectivity index (χ4n) is 1.81. The normalized spacial score (nSPS) is 10.6. The van der Waals surface area contributed by atoms with Crippen LogP contribution < -0.4 is 5.32 Å². The molecule has 96 valence electrons. The summed E-state index contributed by atoms with van der Waals surface area (Å²) in [4.78, 5) is 9.08. The Morgan fingerprint density at radius 3 is 2.72 bits per heavy atom. The highest BCUT2D eigenvalue weighted by Gasteiger charge is 2.07. The van der Waals surface area contributed by atoms with Crippen LogP contribution in [0.5, 0.6) is 0 Å². The van der Waals surface area contributed by atoms with E-state index >= 15 is 0 Å². The van der Waals surface area contributed by atoms with Gasteiger partial charge in [0.1, 0.15) is 11.6 Å².